The number of ether oxygens (including phenoxy) is 1. The largest absolute Gasteiger partial charge is 0.368 e. The van der Waals surface area contributed by atoms with Crippen molar-refractivity contribution < 1.29 is 9.53 Å². The Morgan fingerprint density at radius 2 is 2.44 bits per heavy atom. The number of hydrogen-bond donors (Lipinski definition) is 2. The van der Waals surface area contributed by atoms with Crippen LogP contribution in [0.3, 0.4) is 0 Å². The van der Waals surface area contributed by atoms with Gasteiger partial charge in [0.1, 0.15) is 11.6 Å². The van der Waals surface area contributed by atoms with Crippen LogP contribution in [-0.4, -0.2) is 38.6 Å². The van der Waals surface area contributed by atoms with Crippen LogP contribution in [0.25, 0.3) is 11.2 Å². The summed E-state index contributed by atoms with van der Waals surface area (Å²) in [6.07, 6.45) is 2.64. The van der Waals surface area contributed by atoms with Gasteiger partial charge < -0.3 is 9.72 Å². The number of aromatic nitrogens is 4. The normalized spacial score (nSPS) is 19.3. The molecule has 0 aromatic carbocycles. The maximum atomic E-state index is 11.8. The minimum absolute atomic E-state index is 0.139. The van der Waals surface area contributed by atoms with E-state index >= 15 is 0 Å². The lowest BCUT2D eigenvalue weighted by Crippen LogP contribution is -2.27. The van der Waals surface area contributed by atoms with Crippen LogP contribution in [0.4, 0.5) is 5.95 Å². The van der Waals surface area contributed by atoms with Gasteiger partial charge in [0.05, 0.1) is 6.33 Å². The van der Waals surface area contributed by atoms with Crippen LogP contribution in [0.2, 0.25) is 5.15 Å². The quantitative estimate of drug-likeness (QED) is 0.796. The molecule has 7 nitrogen and oxygen atoms in total. The summed E-state index contributed by atoms with van der Waals surface area (Å²) in [6.45, 7) is 0.609. The van der Waals surface area contributed by atoms with Gasteiger partial charge in [0.2, 0.25) is 5.95 Å². The van der Waals surface area contributed by atoms with Gasteiger partial charge in [-0.15, -0.1) is 0 Å². The standard InChI is InChI=1S/C10H10ClN5O2/c11-7-6-8(13-4-12-6)15-10(14-7)16-9(17)5-2-1-3-18-5/h4-5H,1-3H2,(H2,12,13,14,15,16,17). The molecule has 8 heteroatoms. The Kier molecular flexibility index (Phi) is 2.85. The van der Waals surface area contributed by atoms with Crippen LogP contribution < -0.4 is 5.32 Å². The number of nitrogens with one attached hydrogen (secondary N) is 2. The van der Waals surface area contributed by atoms with E-state index < -0.39 is 6.10 Å². The molecule has 1 amide bonds. The van der Waals surface area contributed by atoms with Crippen molar-refractivity contribution in [1.82, 2.24) is 19.9 Å². The molecule has 2 aromatic rings. The van der Waals surface area contributed by atoms with Gasteiger partial charge in [0.15, 0.2) is 10.8 Å². The molecule has 1 aliphatic rings. The number of fused-ring (bicyclic) bond motifs is 1. The molecule has 3 heterocycles. The van der Waals surface area contributed by atoms with Crippen LogP contribution in [-0.2, 0) is 9.53 Å². The third-order valence-electron chi connectivity index (χ3n) is 2.70. The molecule has 2 N–H and O–H groups in total. The lowest BCUT2D eigenvalue weighted by Gasteiger charge is -2.08. The summed E-state index contributed by atoms with van der Waals surface area (Å²) >= 11 is 5.94. The zero-order valence-electron chi connectivity index (χ0n) is 9.31. The van der Waals surface area contributed by atoms with E-state index in [1.165, 1.54) is 6.33 Å². The number of anilines is 1. The van der Waals surface area contributed by atoms with Crippen LogP contribution >= 0.6 is 11.6 Å². The molecule has 0 saturated carbocycles. The fourth-order valence-corrected chi connectivity index (χ4v) is 2.05. The van der Waals surface area contributed by atoms with E-state index in [1.807, 2.05) is 0 Å². The molecule has 1 atom stereocenters. The fraction of sp³-hybridized carbons (Fsp3) is 0.400. The molecule has 3 rings (SSSR count). The Balaban J connectivity index is 1.83. The van der Waals surface area contributed by atoms with E-state index in [0.29, 0.717) is 24.2 Å². The van der Waals surface area contributed by atoms with E-state index in [0.717, 1.165) is 6.42 Å². The summed E-state index contributed by atoms with van der Waals surface area (Å²) in [7, 11) is 0. The minimum atomic E-state index is -0.428. The second-order valence-corrected chi connectivity index (χ2v) is 4.29. The molecular formula is C10H10ClN5O2. The number of rotatable bonds is 2. The van der Waals surface area contributed by atoms with Crippen LogP contribution in [0.1, 0.15) is 12.8 Å². The Hall–Kier alpha value is -1.73. The average molecular weight is 268 g/mol. The van der Waals surface area contributed by atoms with Gasteiger partial charge in [0, 0.05) is 6.61 Å². The lowest BCUT2D eigenvalue weighted by atomic mass is 10.2. The summed E-state index contributed by atoms with van der Waals surface area (Å²) in [5, 5.41) is 2.80. The average Bonchev–Trinajstić information content (AvgIpc) is 2.99. The van der Waals surface area contributed by atoms with Crippen LogP contribution in [0.15, 0.2) is 6.33 Å². The van der Waals surface area contributed by atoms with Gasteiger partial charge in [0.25, 0.3) is 5.91 Å². The maximum Gasteiger partial charge on any atom is 0.255 e. The molecule has 2 aromatic heterocycles. The van der Waals surface area contributed by atoms with E-state index in [2.05, 4.69) is 25.3 Å². The molecule has 0 spiro atoms. The SMILES string of the molecule is O=C(Nc1nc(Cl)c2[nH]cnc2n1)C1CCCO1. The van der Waals surface area contributed by atoms with E-state index in [1.54, 1.807) is 0 Å². The minimum Gasteiger partial charge on any atom is -0.368 e. The zero-order valence-corrected chi connectivity index (χ0v) is 10.1. The van der Waals surface area contributed by atoms with Crippen molar-refractivity contribution in [2.45, 2.75) is 18.9 Å². The fourth-order valence-electron chi connectivity index (χ4n) is 1.83. The van der Waals surface area contributed by atoms with Crippen molar-refractivity contribution in [1.29, 1.82) is 0 Å². The molecule has 0 radical (unpaired) electrons. The maximum absolute atomic E-state index is 11.8. The molecule has 1 aliphatic heterocycles. The van der Waals surface area contributed by atoms with Crippen LogP contribution in [0, 0.1) is 0 Å². The Morgan fingerprint density at radius 1 is 1.56 bits per heavy atom. The third-order valence-corrected chi connectivity index (χ3v) is 2.97. The van der Waals surface area contributed by atoms with Gasteiger partial charge in [-0.1, -0.05) is 11.6 Å². The highest BCUT2D eigenvalue weighted by atomic mass is 35.5. The first-order chi connectivity index (χ1) is 8.74. The molecule has 0 aliphatic carbocycles. The number of aromatic amines is 1. The smallest absolute Gasteiger partial charge is 0.255 e. The molecule has 1 saturated heterocycles. The summed E-state index contributed by atoms with van der Waals surface area (Å²) in [4.78, 5) is 26.7. The van der Waals surface area contributed by atoms with Gasteiger partial charge in [-0.3, -0.25) is 10.1 Å². The van der Waals surface area contributed by atoms with Gasteiger partial charge >= 0.3 is 0 Å². The summed E-state index contributed by atoms with van der Waals surface area (Å²) in [6, 6.07) is 0. The van der Waals surface area contributed by atoms with Gasteiger partial charge in [-0.05, 0) is 12.8 Å². The number of carbonyl (C=O) groups excluding carboxylic acids is 1. The van der Waals surface area contributed by atoms with Crippen molar-refractivity contribution >= 4 is 34.6 Å². The molecule has 18 heavy (non-hydrogen) atoms. The molecule has 0 bridgehead atoms. The van der Waals surface area contributed by atoms with E-state index in [-0.39, 0.29) is 17.0 Å². The Morgan fingerprint density at radius 3 is 3.22 bits per heavy atom. The first-order valence-electron chi connectivity index (χ1n) is 5.53. The second-order valence-electron chi connectivity index (χ2n) is 3.93. The second kappa shape index (κ2) is 4.51. The molecule has 1 unspecified atom stereocenters. The highest BCUT2D eigenvalue weighted by Gasteiger charge is 2.24. The third kappa shape index (κ3) is 2.02. The number of amides is 1. The molecule has 1 fully saturated rings. The van der Waals surface area contributed by atoms with Gasteiger partial charge in [-0.25, -0.2) is 4.98 Å². The van der Waals surface area contributed by atoms with Crippen molar-refractivity contribution in [2.75, 3.05) is 11.9 Å². The molecule has 94 valence electrons. The van der Waals surface area contributed by atoms with Crippen molar-refractivity contribution in [2.24, 2.45) is 0 Å². The monoisotopic (exact) mass is 267 g/mol. The predicted molar refractivity (Wildman–Crippen MR) is 64.3 cm³/mol. The number of halogens is 1. The summed E-state index contributed by atoms with van der Waals surface area (Å²) in [5.74, 6) is -0.112. The summed E-state index contributed by atoms with van der Waals surface area (Å²) < 4.78 is 5.27. The van der Waals surface area contributed by atoms with Crippen LogP contribution in [0.5, 0.6) is 0 Å². The topological polar surface area (TPSA) is 92.8 Å². The Labute approximate surface area is 107 Å². The molecular weight excluding hydrogens is 258 g/mol. The first-order valence-corrected chi connectivity index (χ1v) is 5.91. The van der Waals surface area contributed by atoms with E-state index in [4.69, 9.17) is 16.3 Å². The van der Waals surface area contributed by atoms with E-state index in [9.17, 15) is 4.79 Å². The van der Waals surface area contributed by atoms with Crippen molar-refractivity contribution in [3.8, 4) is 0 Å². The number of hydrogen-bond acceptors (Lipinski definition) is 5. The summed E-state index contributed by atoms with van der Waals surface area (Å²) in [5.41, 5.74) is 0.962. The predicted octanol–water partition coefficient (Wildman–Crippen LogP) is 1.12. The number of carbonyl (C=O) groups is 1. The van der Waals surface area contributed by atoms with Crippen molar-refractivity contribution in [3.63, 3.8) is 0 Å². The Bertz CT molecular complexity index is 593. The highest BCUT2D eigenvalue weighted by Crippen LogP contribution is 2.19. The highest BCUT2D eigenvalue weighted by molar-refractivity contribution is 6.33. The number of imidazole rings is 1. The van der Waals surface area contributed by atoms with Crippen molar-refractivity contribution in [3.05, 3.63) is 11.5 Å². The lowest BCUT2D eigenvalue weighted by molar-refractivity contribution is -0.124. The van der Waals surface area contributed by atoms with Gasteiger partial charge in [-0.2, -0.15) is 9.97 Å². The number of nitrogens with zero attached hydrogens (tertiary/aromatic N) is 3. The zero-order chi connectivity index (χ0) is 12.5. The first kappa shape index (κ1) is 11.4. The number of H-pyrrole nitrogens is 1.